The number of aliphatic hydroxyl groups is 1. The first-order valence-corrected chi connectivity index (χ1v) is 13.3. The highest BCUT2D eigenvalue weighted by molar-refractivity contribution is 7.10. The molecule has 172 valence electrons. The van der Waals surface area contributed by atoms with Gasteiger partial charge in [0, 0.05) is 36.0 Å². The van der Waals surface area contributed by atoms with Crippen molar-refractivity contribution in [1.29, 1.82) is 0 Å². The molecule has 1 aromatic heterocycles. The number of quaternary nitrogens is 1. The van der Waals surface area contributed by atoms with E-state index in [1.807, 2.05) is 17.5 Å². The molecule has 2 bridgehead atoms. The Morgan fingerprint density at radius 1 is 1.06 bits per heavy atom. The zero-order valence-corrected chi connectivity index (χ0v) is 19.8. The minimum atomic E-state index is -1.48. The number of carbonyl (C=O) groups is 1. The fraction of sp³-hybridized carbons (Fsp3) is 0.593. The fourth-order valence-corrected chi connectivity index (χ4v) is 7.36. The number of thiophene rings is 1. The number of hydrogen-bond acceptors (Lipinski definition) is 4. The van der Waals surface area contributed by atoms with Gasteiger partial charge in [-0.05, 0) is 36.3 Å². The summed E-state index contributed by atoms with van der Waals surface area (Å²) in [5.74, 6) is 0.0287. The smallest absolute Gasteiger partial charge is 0.344 e. The molecule has 0 spiro atoms. The van der Waals surface area contributed by atoms with E-state index in [1.165, 1.54) is 30.0 Å². The molecule has 1 N–H and O–H groups in total. The summed E-state index contributed by atoms with van der Waals surface area (Å²) in [6.45, 7) is 4.46. The van der Waals surface area contributed by atoms with Gasteiger partial charge >= 0.3 is 5.97 Å². The molecule has 1 aromatic carbocycles. The van der Waals surface area contributed by atoms with Gasteiger partial charge in [0.1, 0.15) is 6.54 Å². The molecule has 2 aromatic rings. The number of piperidine rings is 3. The van der Waals surface area contributed by atoms with Gasteiger partial charge in [0.2, 0.25) is 0 Å². The van der Waals surface area contributed by atoms with Crippen molar-refractivity contribution in [1.82, 2.24) is 0 Å². The van der Waals surface area contributed by atoms with Gasteiger partial charge in [-0.2, -0.15) is 0 Å². The molecule has 1 aliphatic carbocycles. The van der Waals surface area contributed by atoms with Crippen molar-refractivity contribution in [2.45, 2.75) is 63.1 Å². The summed E-state index contributed by atoms with van der Waals surface area (Å²) in [5, 5.41) is 13.7. The van der Waals surface area contributed by atoms with Crippen LogP contribution in [0.25, 0.3) is 0 Å². The van der Waals surface area contributed by atoms with Crippen molar-refractivity contribution < 1.29 is 19.1 Å². The molecule has 3 aliphatic heterocycles. The largest absolute Gasteiger partial charge is 0.454 e. The van der Waals surface area contributed by atoms with Gasteiger partial charge < -0.3 is 14.3 Å². The topological polar surface area (TPSA) is 46.5 Å². The average Bonchev–Trinajstić information content (AvgIpc) is 3.55. The first-order chi connectivity index (χ1) is 15.6. The van der Waals surface area contributed by atoms with E-state index in [1.54, 1.807) is 0 Å². The van der Waals surface area contributed by atoms with Gasteiger partial charge in [-0.25, -0.2) is 4.79 Å². The SMILES string of the molecule is O=C(O[C@H]1C[N+]2(CCCc3ccccc3)CCC1CC2)[C@](O)(c1cccs1)C1CCCC1. The van der Waals surface area contributed by atoms with Crippen LogP contribution in [-0.4, -0.2) is 47.8 Å². The van der Waals surface area contributed by atoms with E-state index in [4.69, 9.17) is 4.74 Å². The first-order valence-electron chi connectivity index (χ1n) is 12.5. The van der Waals surface area contributed by atoms with E-state index in [0.717, 1.165) is 73.8 Å². The van der Waals surface area contributed by atoms with Crippen molar-refractivity contribution in [3.63, 3.8) is 0 Å². The Morgan fingerprint density at radius 2 is 1.81 bits per heavy atom. The summed E-state index contributed by atoms with van der Waals surface area (Å²) in [6.07, 6.45) is 8.43. The van der Waals surface area contributed by atoms with Gasteiger partial charge in [-0.1, -0.05) is 49.2 Å². The van der Waals surface area contributed by atoms with Crippen LogP contribution in [0.5, 0.6) is 0 Å². The zero-order chi connectivity index (χ0) is 22.0. The lowest BCUT2D eigenvalue weighted by Gasteiger charge is -2.52. The number of nitrogens with zero attached hydrogens (tertiary/aromatic N) is 1. The Kier molecular flexibility index (Phi) is 6.42. The number of fused-ring (bicyclic) bond motifs is 3. The molecule has 0 radical (unpaired) electrons. The molecule has 4 heterocycles. The van der Waals surface area contributed by atoms with E-state index in [2.05, 4.69) is 30.3 Å². The maximum Gasteiger partial charge on any atom is 0.344 e. The Bertz CT molecular complexity index is 885. The third-order valence-corrected chi connectivity index (χ3v) is 9.39. The Morgan fingerprint density at radius 3 is 2.50 bits per heavy atom. The molecule has 6 rings (SSSR count). The van der Waals surface area contributed by atoms with Crippen LogP contribution in [0.3, 0.4) is 0 Å². The standard InChI is InChI=1S/C27H36NO3S/c29-26(27(30,23-11-4-5-12-23)25-13-7-19-32-25)31-24-20-28(17-14-22(24)15-18-28)16-6-10-21-8-2-1-3-9-21/h1-3,7-9,13,19,22-24,30H,4-6,10-12,14-18,20H2/q+1/t22?,24-,27+,28?/m0/s1. The number of hydrogen-bond donors (Lipinski definition) is 1. The lowest BCUT2D eigenvalue weighted by Crippen LogP contribution is -2.65. The predicted molar refractivity (Wildman–Crippen MR) is 127 cm³/mol. The normalized spacial score (nSPS) is 29.7. The van der Waals surface area contributed by atoms with Gasteiger partial charge in [0.25, 0.3) is 0 Å². The minimum absolute atomic E-state index is 0.0243. The summed E-state index contributed by atoms with van der Waals surface area (Å²) in [5.41, 5.74) is -0.0763. The molecule has 0 amide bonds. The molecular weight excluding hydrogens is 418 g/mol. The van der Waals surface area contributed by atoms with Crippen molar-refractivity contribution in [2.24, 2.45) is 11.8 Å². The number of ether oxygens (including phenoxy) is 1. The van der Waals surface area contributed by atoms with Crippen LogP contribution in [0.15, 0.2) is 47.8 Å². The van der Waals surface area contributed by atoms with Gasteiger partial charge in [-0.3, -0.25) is 0 Å². The Balaban J connectivity index is 1.26. The Labute approximate surface area is 195 Å². The first kappa shape index (κ1) is 22.1. The van der Waals surface area contributed by atoms with Crippen LogP contribution >= 0.6 is 11.3 Å². The second-order valence-corrected chi connectivity index (χ2v) is 11.2. The fourth-order valence-electron chi connectivity index (χ4n) is 6.47. The lowest BCUT2D eigenvalue weighted by atomic mass is 9.81. The summed E-state index contributed by atoms with van der Waals surface area (Å²) >= 11 is 1.48. The molecule has 32 heavy (non-hydrogen) atoms. The van der Waals surface area contributed by atoms with Crippen LogP contribution < -0.4 is 0 Å². The monoisotopic (exact) mass is 454 g/mol. The number of aryl methyl sites for hydroxylation is 1. The van der Waals surface area contributed by atoms with Crippen molar-refractivity contribution in [2.75, 3.05) is 26.2 Å². The third kappa shape index (κ3) is 4.27. The maximum atomic E-state index is 13.5. The highest BCUT2D eigenvalue weighted by atomic mass is 32.1. The predicted octanol–water partition coefficient (Wildman–Crippen LogP) is 4.91. The number of esters is 1. The lowest BCUT2D eigenvalue weighted by molar-refractivity contribution is -0.946. The zero-order valence-electron chi connectivity index (χ0n) is 19.0. The van der Waals surface area contributed by atoms with Crippen LogP contribution in [-0.2, 0) is 21.6 Å². The van der Waals surface area contributed by atoms with Crippen molar-refractivity contribution in [3.05, 3.63) is 58.3 Å². The molecule has 4 fully saturated rings. The van der Waals surface area contributed by atoms with Crippen LogP contribution in [0.2, 0.25) is 0 Å². The van der Waals surface area contributed by atoms with Crippen LogP contribution in [0, 0.1) is 11.8 Å². The second-order valence-electron chi connectivity index (χ2n) is 10.3. The number of carbonyl (C=O) groups excluding carboxylic acids is 1. The van der Waals surface area contributed by atoms with E-state index < -0.39 is 11.6 Å². The average molecular weight is 455 g/mol. The van der Waals surface area contributed by atoms with E-state index >= 15 is 0 Å². The summed E-state index contributed by atoms with van der Waals surface area (Å²) in [7, 11) is 0. The summed E-state index contributed by atoms with van der Waals surface area (Å²) < 4.78 is 7.29. The van der Waals surface area contributed by atoms with Crippen LogP contribution in [0.1, 0.15) is 55.4 Å². The molecule has 4 aliphatic rings. The quantitative estimate of drug-likeness (QED) is 0.455. The molecule has 2 atom stereocenters. The highest BCUT2D eigenvalue weighted by Gasteiger charge is 2.53. The van der Waals surface area contributed by atoms with E-state index in [0.29, 0.717) is 5.92 Å². The number of benzene rings is 1. The highest BCUT2D eigenvalue weighted by Crippen LogP contribution is 2.44. The van der Waals surface area contributed by atoms with E-state index in [-0.39, 0.29) is 12.0 Å². The van der Waals surface area contributed by atoms with Gasteiger partial charge in [0.15, 0.2) is 11.7 Å². The number of rotatable bonds is 8. The molecule has 4 nitrogen and oxygen atoms in total. The molecule has 0 unspecified atom stereocenters. The Hall–Kier alpha value is -1.69. The summed E-state index contributed by atoms with van der Waals surface area (Å²) in [6, 6.07) is 14.5. The minimum Gasteiger partial charge on any atom is -0.454 e. The second kappa shape index (κ2) is 9.28. The summed E-state index contributed by atoms with van der Waals surface area (Å²) in [4.78, 5) is 14.3. The maximum absolute atomic E-state index is 13.5. The van der Waals surface area contributed by atoms with Gasteiger partial charge in [-0.15, -0.1) is 11.3 Å². The van der Waals surface area contributed by atoms with Crippen LogP contribution in [0.4, 0.5) is 0 Å². The molecular formula is C27H36NO3S+. The molecule has 1 saturated carbocycles. The van der Waals surface area contributed by atoms with Crippen molar-refractivity contribution in [3.8, 4) is 0 Å². The third-order valence-electron chi connectivity index (χ3n) is 8.39. The van der Waals surface area contributed by atoms with Crippen molar-refractivity contribution >= 4 is 17.3 Å². The van der Waals surface area contributed by atoms with E-state index in [9.17, 15) is 9.90 Å². The molecule has 5 heteroatoms. The molecule has 3 saturated heterocycles. The van der Waals surface area contributed by atoms with Gasteiger partial charge in [0.05, 0.1) is 19.6 Å².